The minimum Gasteiger partial charge on any atom is -0.359 e. The minimum atomic E-state index is -3.59. The van der Waals surface area contributed by atoms with E-state index in [4.69, 9.17) is 0 Å². The third-order valence-electron chi connectivity index (χ3n) is 5.49. The van der Waals surface area contributed by atoms with Crippen LogP contribution in [0.4, 0.5) is 11.4 Å². The highest BCUT2D eigenvalue weighted by molar-refractivity contribution is 7.92. The maximum Gasteiger partial charge on any atom is 0.261 e. The quantitative estimate of drug-likeness (QED) is 0.851. The van der Waals surface area contributed by atoms with Crippen LogP contribution in [0.5, 0.6) is 0 Å². The van der Waals surface area contributed by atoms with Crippen LogP contribution in [0.25, 0.3) is 0 Å². The van der Waals surface area contributed by atoms with E-state index in [1.807, 2.05) is 36.4 Å². The molecular weight excluding hydrogens is 346 g/mol. The first-order chi connectivity index (χ1) is 12.5. The molecule has 0 spiro atoms. The zero-order valence-corrected chi connectivity index (χ0v) is 16.0. The number of piperazine rings is 1. The van der Waals surface area contributed by atoms with Crippen molar-refractivity contribution in [1.82, 2.24) is 0 Å². The van der Waals surface area contributed by atoms with Crippen LogP contribution < -0.4 is 14.5 Å². The highest BCUT2D eigenvalue weighted by Crippen LogP contribution is 2.30. The molecule has 5 nitrogen and oxygen atoms in total. The fourth-order valence-electron chi connectivity index (χ4n) is 3.88. The van der Waals surface area contributed by atoms with Gasteiger partial charge in [0.25, 0.3) is 10.0 Å². The van der Waals surface area contributed by atoms with E-state index in [9.17, 15) is 8.42 Å². The van der Waals surface area contributed by atoms with Crippen LogP contribution in [0, 0.1) is 0 Å². The van der Waals surface area contributed by atoms with Gasteiger partial charge in [-0.25, -0.2) is 8.42 Å². The number of quaternary nitrogens is 1. The van der Waals surface area contributed by atoms with Crippen molar-refractivity contribution in [1.29, 1.82) is 0 Å². The Bertz CT molecular complexity index is 903. The normalized spacial score (nSPS) is 18.0. The number of rotatable bonds is 4. The van der Waals surface area contributed by atoms with Gasteiger partial charge in [-0.3, -0.25) is 4.72 Å². The van der Waals surface area contributed by atoms with Gasteiger partial charge >= 0.3 is 0 Å². The predicted octanol–water partition coefficient (Wildman–Crippen LogP) is 1.31. The van der Waals surface area contributed by atoms with Gasteiger partial charge in [0.2, 0.25) is 0 Å². The van der Waals surface area contributed by atoms with E-state index in [1.54, 1.807) is 6.07 Å². The molecule has 2 aromatic carbocycles. The van der Waals surface area contributed by atoms with E-state index < -0.39 is 10.0 Å². The van der Waals surface area contributed by atoms with Crippen molar-refractivity contribution in [3.8, 4) is 0 Å². The molecule has 1 aliphatic carbocycles. The Kier molecular flexibility index (Phi) is 4.63. The highest BCUT2D eigenvalue weighted by atomic mass is 32.2. The molecule has 1 heterocycles. The van der Waals surface area contributed by atoms with Crippen LogP contribution >= 0.6 is 0 Å². The lowest BCUT2D eigenvalue weighted by Gasteiger charge is -2.33. The molecule has 2 aromatic rings. The minimum absolute atomic E-state index is 0.357. The fraction of sp³-hybridized carbons (Fsp3) is 0.400. The summed E-state index contributed by atoms with van der Waals surface area (Å²) in [5, 5.41) is 0. The molecule has 4 rings (SSSR count). The van der Waals surface area contributed by atoms with Crippen molar-refractivity contribution < 1.29 is 13.3 Å². The Hall–Kier alpha value is -2.05. The van der Waals surface area contributed by atoms with Crippen molar-refractivity contribution in [3.05, 3.63) is 53.6 Å². The average molecular weight is 373 g/mol. The third kappa shape index (κ3) is 3.44. The van der Waals surface area contributed by atoms with Gasteiger partial charge in [0.05, 0.1) is 49.5 Å². The van der Waals surface area contributed by atoms with Gasteiger partial charge in [0.1, 0.15) is 0 Å². The molecule has 1 saturated heterocycles. The third-order valence-corrected chi connectivity index (χ3v) is 6.85. The molecule has 6 heteroatoms. The molecule has 2 aliphatic rings. The lowest BCUT2D eigenvalue weighted by molar-refractivity contribution is -0.880. The topological polar surface area (TPSA) is 53.9 Å². The number of nitrogens with zero attached hydrogens (tertiary/aromatic N) is 1. The Morgan fingerprint density at radius 3 is 2.54 bits per heavy atom. The summed E-state index contributed by atoms with van der Waals surface area (Å²) in [5.74, 6) is 0. The van der Waals surface area contributed by atoms with Crippen molar-refractivity contribution in [3.63, 3.8) is 0 Å². The maximum atomic E-state index is 13.0. The second-order valence-electron chi connectivity index (χ2n) is 7.35. The number of para-hydroxylation sites is 2. The molecule has 26 heavy (non-hydrogen) atoms. The second-order valence-corrected chi connectivity index (χ2v) is 9.03. The SMILES string of the molecule is C[NH+]1CCN(c2ccccc2NS(=O)(=O)c2ccc3c(c2)CCC3)CC1. The van der Waals surface area contributed by atoms with Gasteiger partial charge < -0.3 is 9.80 Å². The summed E-state index contributed by atoms with van der Waals surface area (Å²) in [7, 11) is -1.39. The molecule has 0 radical (unpaired) electrons. The second kappa shape index (κ2) is 6.93. The maximum absolute atomic E-state index is 13.0. The van der Waals surface area contributed by atoms with E-state index in [2.05, 4.69) is 16.7 Å². The molecule has 0 saturated carbocycles. The fourth-order valence-corrected chi connectivity index (χ4v) is 5.01. The van der Waals surface area contributed by atoms with Gasteiger partial charge in [-0.2, -0.15) is 0 Å². The number of hydrogen-bond acceptors (Lipinski definition) is 3. The molecule has 138 valence electrons. The van der Waals surface area contributed by atoms with Crippen LogP contribution in [0.2, 0.25) is 0 Å². The lowest BCUT2D eigenvalue weighted by Crippen LogP contribution is -3.12. The van der Waals surface area contributed by atoms with Crippen molar-refractivity contribution in [2.75, 3.05) is 42.8 Å². The van der Waals surface area contributed by atoms with E-state index in [0.717, 1.165) is 51.1 Å². The summed E-state index contributed by atoms with van der Waals surface area (Å²) < 4.78 is 28.7. The highest BCUT2D eigenvalue weighted by Gasteiger charge is 2.23. The number of nitrogens with one attached hydrogen (secondary N) is 2. The van der Waals surface area contributed by atoms with E-state index in [1.165, 1.54) is 16.0 Å². The molecule has 0 unspecified atom stereocenters. The van der Waals surface area contributed by atoms with Crippen molar-refractivity contribution in [2.45, 2.75) is 24.2 Å². The Balaban J connectivity index is 1.60. The number of sulfonamides is 1. The standard InChI is InChI=1S/C20H25N3O2S/c1-22-11-13-23(14-12-22)20-8-3-2-7-19(20)21-26(24,25)18-10-9-16-5-4-6-17(16)15-18/h2-3,7-10,15,21H,4-6,11-14H2,1H3/p+1. The number of hydrogen-bond donors (Lipinski definition) is 2. The van der Waals surface area contributed by atoms with Gasteiger partial charge in [0.15, 0.2) is 0 Å². The Morgan fingerprint density at radius 1 is 1.00 bits per heavy atom. The average Bonchev–Trinajstić information content (AvgIpc) is 3.10. The molecular formula is C20H26N3O2S+. The summed E-state index contributed by atoms with van der Waals surface area (Å²) in [6.07, 6.45) is 3.14. The number of fused-ring (bicyclic) bond motifs is 1. The van der Waals surface area contributed by atoms with Crippen molar-refractivity contribution in [2.24, 2.45) is 0 Å². The van der Waals surface area contributed by atoms with Gasteiger partial charge in [-0.05, 0) is 54.7 Å². The number of anilines is 2. The summed E-state index contributed by atoms with van der Waals surface area (Å²) >= 11 is 0. The Labute approximate surface area is 155 Å². The molecule has 2 N–H and O–H groups in total. The smallest absolute Gasteiger partial charge is 0.261 e. The lowest BCUT2D eigenvalue weighted by atomic mass is 10.1. The summed E-state index contributed by atoms with van der Waals surface area (Å²) in [6, 6.07) is 13.2. The van der Waals surface area contributed by atoms with E-state index in [-0.39, 0.29) is 0 Å². The van der Waals surface area contributed by atoms with E-state index in [0.29, 0.717) is 10.6 Å². The zero-order chi connectivity index (χ0) is 18.1. The van der Waals surface area contributed by atoms with Gasteiger partial charge in [0, 0.05) is 0 Å². The van der Waals surface area contributed by atoms with Crippen LogP contribution in [0.3, 0.4) is 0 Å². The largest absolute Gasteiger partial charge is 0.359 e. The molecule has 1 fully saturated rings. The molecule has 0 bridgehead atoms. The predicted molar refractivity (Wildman–Crippen MR) is 105 cm³/mol. The number of benzene rings is 2. The summed E-state index contributed by atoms with van der Waals surface area (Å²) in [6.45, 7) is 3.99. The first kappa shape index (κ1) is 17.4. The first-order valence-corrected chi connectivity index (χ1v) is 10.8. The monoisotopic (exact) mass is 372 g/mol. The van der Waals surface area contributed by atoms with Crippen LogP contribution in [0.15, 0.2) is 47.4 Å². The molecule has 1 aliphatic heterocycles. The molecule has 0 atom stereocenters. The van der Waals surface area contributed by atoms with Crippen LogP contribution in [-0.2, 0) is 22.9 Å². The number of aryl methyl sites for hydroxylation is 2. The van der Waals surface area contributed by atoms with Gasteiger partial charge in [-0.1, -0.05) is 18.2 Å². The zero-order valence-electron chi connectivity index (χ0n) is 15.2. The van der Waals surface area contributed by atoms with Crippen LogP contribution in [-0.4, -0.2) is 41.6 Å². The van der Waals surface area contributed by atoms with Gasteiger partial charge in [-0.15, -0.1) is 0 Å². The molecule has 0 aromatic heterocycles. The number of likely N-dealkylation sites (N-methyl/N-ethyl adjacent to an activating group) is 1. The van der Waals surface area contributed by atoms with E-state index >= 15 is 0 Å². The summed E-state index contributed by atoms with van der Waals surface area (Å²) in [5.41, 5.74) is 4.07. The van der Waals surface area contributed by atoms with Crippen LogP contribution in [0.1, 0.15) is 17.5 Å². The summed E-state index contributed by atoms with van der Waals surface area (Å²) in [4.78, 5) is 4.14. The first-order valence-electron chi connectivity index (χ1n) is 9.33. The molecule has 0 amide bonds. The van der Waals surface area contributed by atoms with Crippen molar-refractivity contribution >= 4 is 21.4 Å². The Morgan fingerprint density at radius 2 is 1.73 bits per heavy atom.